The van der Waals surface area contributed by atoms with Crippen LogP contribution in [0.3, 0.4) is 0 Å². The zero-order valence-corrected chi connectivity index (χ0v) is 32.6. The summed E-state index contributed by atoms with van der Waals surface area (Å²) in [6.07, 6.45) is 4.11. The molecule has 10 nitrogen and oxygen atoms in total. The number of nitrogens with two attached hydrogens (primary N) is 1. The molecule has 0 aliphatic carbocycles. The Balaban J connectivity index is 1.21. The van der Waals surface area contributed by atoms with E-state index in [2.05, 4.69) is 52.9 Å². The van der Waals surface area contributed by atoms with Crippen molar-refractivity contribution >= 4 is 58.4 Å². The SMILES string of the molecule is CC(C)[Si]1(C(C)C)c2cc(N(C)C)c(F)cc2C(=CCCC(=O)NCc2ccc(COc3nc(N)nc4nc[nH]c34)cc2)c2cc(F)c(N(C)C)cc21. The summed E-state index contributed by atoms with van der Waals surface area (Å²) < 4.78 is 37.4. The minimum Gasteiger partial charge on any atom is -0.471 e. The van der Waals surface area contributed by atoms with Crippen LogP contribution in [0.15, 0.2) is 60.9 Å². The predicted octanol–water partition coefficient (Wildman–Crippen LogP) is 6.15. The Morgan fingerprint density at radius 1 is 0.906 bits per heavy atom. The van der Waals surface area contributed by atoms with Gasteiger partial charge in [0.05, 0.1) is 17.7 Å². The van der Waals surface area contributed by atoms with Crippen LogP contribution in [0.2, 0.25) is 11.1 Å². The molecule has 0 spiro atoms. The van der Waals surface area contributed by atoms with Crippen LogP contribution in [0, 0.1) is 11.6 Å². The first-order valence-electron chi connectivity index (χ1n) is 17.9. The number of benzene rings is 3. The number of amides is 1. The molecule has 6 rings (SSSR count). The number of carbonyl (C=O) groups is 1. The fourth-order valence-electron chi connectivity index (χ4n) is 7.83. The van der Waals surface area contributed by atoms with Crippen molar-refractivity contribution in [1.82, 2.24) is 25.3 Å². The molecule has 4 N–H and O–H groups in total. The number of carbonyl (C=O) groups excluding carboxylic acids is 1. The topological polar surface area (TPSA) is 125 Å². The zero-order chi connectivity index (χ0) is 38.2. The molecule has 53 heavy (non-hydrogen) atoms. The van der Waals surface area contributed by atoms with Crippen LogP contribution in [0.25, 0.3) is 16.7 Å². The van der Waals surface area contributed by atoms with Gasteiger partial charge in [-0.25, -0.2) is 13.8 Å². The first kappa shape index (κ1) is 37.5. The van der Waals surface area contributed by atoms with Gasteiger partial charge in [0.25, 0.3) is 0 Å². The Morgan fingerprint density at radius 2 is 1.47 bits per heavy atom. The summed E-state index contributed by atoms with van der Waals surface area (Å²) in [5.74, 6) is -0.367. The molecule has 0 bridgehead atoms. The molecule has 13 heteroatoms. The number of rotatable bonds is 12. The number of ether oxygens (including phenoxy) is 1. The second kappa shape index (κ2) is 15.0. The van der Waals surface area contributed by atoms with E-state index in [-0.39, 0.29) is 47.6 Å². The quantitative estimate of drug-likeness (QED) is 0.130. The van der Waals surface area contributed by atoms with E-state index >= 15 is 8.78 Å². The van der Waals surface area contributed by atoms with Crippen LogP contribution in [0.5, 0.6) is 5.88 Å². The van der Waals surface area contributed by atoms with Crippen LogP contribution in [0.1, 0.15) is 62.8 Å². The van der Waals surface area contributed by atoms with Gasteiger partial charge >= 0.3 is 0 Å². The van der Waals surface area contributed by atoms with E-state index in [1.807, 2.05) is 80.5 Å². The van der Waals surface area contributed by atoms with Crippen molar-refractivity contribution < 1.29 is 18.3 Å². The second-order valence-electron chi connectivity index (χ2n) is 14.7. The van der Waals surface area contributed by atoms with Crippen molar-refractivity contribution in [2.24, 2.45) is 0 Å². The Labute approximate surface area is 310 Å². The van der Waals surface area contributed by atoms with E-state index in [1.54, 1.807) is 12.1 Å². The Kier molecular flexibility index (Phi) is 10.6. The highest BCUT2D eigenvalue weighted by Crippen LogP contribution is 2.43. The highest BCUT2D eigenvalue weighted by molar-refractivity contribution is 7.05. The molecule has 3 heterocycles. The van der Waals surface area contributed by atoms with Gasteiger partial charge < -0.3 is 30.6 Å². The number of fused-ring (bicyclic) bond motifs is 3. The molecular weight excluding hydrogens is 691 g/mol. The summed E-state index contributed by atoms with van der Waals surface area (Å²) in [6.45, 7) is 9.59. The Hall–Kier alpha value is -5.30. The van der Waals surface area contributed by atoms with Gasteiger partial charge in [0.15, 0.2) is 5.65 Å². The lowest BCUT2D eigenvalue weighted by Gasteiger charge is -2.47. The fourth-order valence-corrected chi connectivity index (χ4v) is 14.0. The van der Waals surface area contributed by atoms with Gasteiger partial charge in [0.2, 0.25) is 17.7 Å². The van der Waals surface area contributed by atoms with Gasteiger partial charge in [0.1, 0.15) is 31.8 Å². The molecule has 5 aromatic rings. The zero-order valence-electron chi connectivity index (χ0n) is 31.6. The molecule has 0 radical (unpaired) electrons. The molecule has 0 saturated carbocycles. The van der Waals surface area contributed by atoms with Crippen LogP contribution in [-0.4, -0.2) is 62.1 Å². The third-order valence-electron chi connectivity index (χ3n) is 10.3. The normalized spacial score (nSPS) is 13.2. The number of hydrogen-bond acceptors (Lipinski definition) is 8. The molecule has 1 amide bonds. The fraction of sp³-hybridized carbons (Fsp3) is 0.350. The lowest BCUT2D eigenvalue weighted by atomic mass is 9.94. The Morgan fingerprint density at radius 3 is 2.02 bits per heavy atom. The third kappa shape index (κ3) is 7.09. The molecule has 0 unspecified atom stereocenters. The molecule has 0 saturated heterocycles. The summed E-state index contributed by atoms with van der Waals surface area (Å²) in [5.41, 5.74) is 12.6. The number of imidazole rings is 1. The minimum atomic E-state index is -2.60. The van der Waals surface area contributed by atoms with E-state index < -0.39 is 8.07 Å². The van der Waals surface area contributed by atoms with Crippen molar-refractivity contribution in [3.05, 3.63) is 94.8 Å². The lowest BCUT2D eigenvalue weighted by Crippen LogP contribution is -2.66. The van der Waals surface area contributed by atoms with E-state index in [0.717, 1.165) is 38.2 Å². The molecule has 0 atom stereocenters. The highest BCUT2D eigenvalue weighted by atomic mass is 28.3. The minimum absolute atomic E-state index is 0.0798. The number of hydrogen-bond donors (Lipinski definition) is 3. The summed E-state index contributed by atoms with van der Waals surface area (Å²) in [4.78, 5) is 32.0. The number of halogens is 2. The monoisotopic (exact) mass is 738 g/mol. The average molecular weight is 739 g/mol. The van der Waals surface area contributed by atoms with Crippen LogP contribution in [-0.2, 0) is 17.9 Å². The van der Waals surface area contributed by atoms with Crippen molar-refractivity contribution in [3.63, 3.8) is 0 Å². The van der Waals surface area contributed by atoms with Gasteiger partial charge in [-0.05, 0) is 80.0 Å². The first-order chi connectivity index (χ1) is 25.2. The van der Waals surface area contributed by atoms with Crippen LogP contribution < -0.4 is 36.0 Å². The van der Waals surface area contributed by atoms with Crippen molar-refractivity contribution in [1.29, 1.82) is 0 Å². The first-order valence-corrected chi connectivity index (χ1v) is 20.0. The van der Waals surface area contributed by atoms with E-state index in [9.17, 15) is 4.79 Å². The summed E-state index contributed by atoms with van der Waals surface area (Å²) in [5, 5.41) is 5.31. The van der Waals surface area contributed by atoms with Gasteiger partial charge in [-0.15, -0.1) is 0 Å². The standard InChI is InChI=1S/C40H48F2N8O2Si/c1-23(2)53(24(3)4)34-18-32(49(5)6)30(41)16-28(34)27(29-17-31(42)33(50(7)8)19-35(29)53)10-9-11-36(51)44-20-25-12-14-26(15-13-25)21-52-39-37-38(46-22-45-37)47-40(43)48-39/h10,12-19,22-24H,9,11,20-21H2,1-8H3,(H,44,51)(H3,43,45,46,47,48). The predicted molar refractivity (Wildman–Crippen MR) is 212 cm³/mol. The summed E-state index contributed by atoms with van der Waals surface area (Å²) >= 11 is 0. The van der Waals surface area contributed by atoms with Gasteiger partial charge in [-0.3, -0.25) is 4.79 Å². The van der Waals surface area contributed by atoms with E-state index in [4.69, 9.17) is 10.5 Å². The molecular formula is C40H48F2N8O2Si. The molecule has 278 valence electrons. The maximum absolute atomic E-state index is 15.8. The molecule has 0 fully saturated rings. The molecule has 1 aliphatic rings. The number of H-pyrrole nitrogens is 1. The summed E-state index contributed by atoms with van der Waals surface area (Å²) in [7, 11) is 4.81. The number of allylic oxidation sites excluding steroid dienone is 1. The molecule has 3 aromatic carbocycles. The number of nitrogen functional groups attached to an aromatic ring is 1. The maximum Gasteiger partial charge on any atom is 0.245 e. The number of aromatic amines is 1. The van der Waals surface area contributed by atoms with E-state index in [0.29, 0.717) is 41.4 Å². The molecule has 1 aliphatic heterocycles. The largest absolute Gasteiger partial charge is 0.471 e. The van der Waals surface area contributed by atoms with Crippen LogP contribution in [0.4, 0.5) is 26.1 Å². The summed E-state index contributed by atoms with van der Waals surface area (Å²) in [6, 6.07) is 15.0. The number of nitrogens with zero attached hydrogens (tertiary/aromatic N) is 5. The highest BCUT2D eigenvalue weighted by Gasteiger charge is 2.50. The molecule has 2 aromatic heterocycles. The van der Waals surface area contributed by atoms with Gasteiger partial charge in [-0.2, -0.15) is 9.97 Å². The van der Waals surface area contributed by atoms with E-state index in [1.165, 1.54) is 6.33 Å². The van der Waals surface area contributed by atoms with Crippen molar-refractivity contribution in [2.45, 2.75) is 64.8 Å². The van der Waals surface area contributed by atoms with Crippen LogP contribution >= 0.6 is 0 Å². The average Bonchev–Trinajstić information content (AvgIpc) is 3.58. The lowest BCUT2D eigenvalue weighted by molar-refractivity contribution is -0.121. The maximum atomic E-state index is 15.8. The number of nitrogens with one attached hydrogen (secondary N) is 2. The van der Waals surface area contributed by atoms with Gasteiger partial charge in [0, 0.05) is 41.2 Å². The number of anilines is 3. The smallest absolute Gasteiger partial charge is 0.245 e. The Bertz CT molecular complexity index is 2100. The van der Waals surface area contributed by atoms with Crippen molar-refractivity contribution in [2.75, 3.05) is 43.7 Å². The second-order valence-corrected chi connectivity index (χ2v) is 19.8. The van der Waals surface area contributed by atoms with Gasteiger partial charge in [-0.1, -0.05) is 58.0 Å². The third-order valence-corrected chi connectivity index (χ3v) is 16.6. The number of aromatic nitrogens is 4. The van der Waals surface area contributed by atoms with Crippen molar-refractivity contribution in [3.8, 4) is 5.88 Å².